The minimum Gasteiger partial charge on any atom is -0.389 e. The SMILES string of the molecule is C[C@H]1CCN(C[C@H](O)COC(C)(C)C)CCS1. The molecule has 3 nitrogen and oxygen atoms in total. The zero-order valence-corrected chi connectivity index (χ0v) is 12.4. The van der Waals surface area contributed by atoms with Gasteiger partial charge in [0.15, 0.2) is 0 Å². The van der Waals surface area contributed by atoms with E-state index >= 15 is 0 Å². The van der Waals surface area contributed by atoms with Crippen LogP contribution < -0.4 is 0 Å². The van der Waals surface area contributed by atoms with Gasteiger partial charge in [0.05, 0.1) is 18.3 Å². The highest BCUT2D eigenvalue weighted by molar-refractivity contribution is 7.99. The van der Waals surface area contributed by atoms with Crippen LogP contribution in [0.2, 0.25) is 0 Å². The first kappa shape index (κ1) is 15.3. The van der Waals surface area contributed by atoms with Gasteiger partial charge < -0.3 is 9.84 Å². The van der Waals surface area contributed by atoms with Gasteiger partial charge in [0.25, 0.3) is 0 Å². The molecule has 0 bridgehead atoms. The van der Waals surface area contributed by atoms with E-state index in [9.17, 15) is 5.11 Å². The largest absolute Gasteiger partial charge is 0.389 e. The Morgan fingerprint density at radius 3 is 2.76 bits per heavy atom. The summed E-state index contributed by atoms with van der Waals surface area (Å²) in [4.78, 5) is 2.35. The Kier molecular flexibility index (Phi) is 6.27. The fourth-order valence-corrected chi connectivity index (χ4v) is 2.86. The molecule has 17 heavy (non-hydrogen) atoms. The van der Waals surface area contributed by atoms with Gasteiger partial charge in [-0.05, 0) is 33.7 Å². The molecule has 1 aliphatic heterocycles. The Bertz CT molecular complexity index is 218. The Morgan fingerprint density at radius 1 is 1.41 bits per heavy atom. The predicted octanol–water partition coefficient (Wildman–Crippen LogP) is 1.99. The van der Waals surface area contributed by atoms with E-state index < -0.39 is 0 Å². The maximum atomic E-state index is 9.95. The third kappa shape index (κ3) is 7.29. The van der Waals surface area contributed by atoms with Crippen molar-refractivity contribution >= 4 is 11.8 Å². The van der Waals surface area contributed by atoms with Crippen LogP contribution in [0.5, 0.6) is 0 Å². The Morgan fingerprint density at radius 2 is 2.12 bits per heavy atom. The summed E-state index contributed by atoms with van der Waals surface area (Å²) >= 11 is 2.03. The summed E-state index contributed by atoms with van der Waals surface area (Å²) in [6.45, 7) is 11.7. The third-order valence-corrected chi connectivity index (χ3v) is 4.06. The van der Waals surface area contributed by atoms with Crippen LogP contribution in [0.15, 0.2) is 0 Å². The van der Waals surface area contributed by atoms with E-state index in [2.05, 4.69) is 11.8 Å². The molecule has 1 fully saturated rings. The predicted molar refractivity (Wildman–Crippen MR) is 74.7 cm³/mol. The molecule has 1 aliphatic rings. The lowest BCUT2D eigenvalue weighted by atomic mass is 10.2. The lowest BCUT2D eigenvalue weighted by molar-refractivity contribution is -0.0557. The van der Waals surface area contributed by atoms with E-state index in [0.717, 1.165) is 24.9 Å². The van der Waals surface area contributed by atoms with Crippen LogP contribution in [-0.4, -0.2) is 59.0 Å². The molecule has 0 unspecified atom stereocenters. The summed E-state index contributed by atoms with van der Waals surface area (Å²) in [6, 6.07) is 0. The number of hydrogen-bond acceptors (Lipinski definition) is 4. The monoisotopic (exact) mass is 261 g/mol. The van der Waals surface area contributed by atoms with Gasteiger partial charge in [0, 0.05) is 24.1 Å². The number of β-amino-alcohol motifs (C(OH)–C–C–N with tert-alkyl or cyclic N) is 1. The first-order valence-corrected chi connectivity index (χ1v) is 7.57. The van der Waals surface area contributed by atoms with E-state index in [0.29, 0.717) is 6.61 Å². The van der Waals surface area contributed by atoms with Gasteiger partial charge in [-0.25, -0.2) is 0 Å². The maximum absolute atomic E-state index is 9.95. The van der Waals surface area contributed by atoms with Crippen LogP contribution in [0, 0.1) is 0 Å². The van der Waals surface area contributed by atoms with Crippen molar-refractivity contribution in [3.63, 3.8) is 0 Å². The molecule has 1 rings (SSSR count). The minimum atomic E-state index is -0.368. The summed E-state index contributed by atoms with van der Waals surface area (Å²) in [5.74, 6) is 1.17. The Hall–Kier alpha value is 0.230. The van der Waals surface area contributed by atoms with E-state index in [1.165, 1.54) is 12.2 Å². The maximum Gasteiger partial charge on any atom is 0.0900 e. The Balaban J connectivity index is 2.23. The summed E-state index contributed by atoms with van der Waals surface area (Å²) in [5.41, 5.74) is -0.163. The van der Waals surface area contributed by atoms with Gasteiger partial charge in [-0.1, -0.05) is 6.92 Å². The number of thioether (sulfide) groups is 1. The van der Waals surface area contributed by atoms with Crippen LogP contribution in [0.3, 0.4) is 0 Å². The molecule has 0 spiro atoms. The summed E-state index contributed by atoms with van der Waals surface area (Å²) < 4.78 is 5.60. The summed E-state index contributed by atoms with van der Waals surface area (Å²) in [7, 11) is 0. The van der Waals surface area contributed by atoms with Crippen molar-refractivity contribution in [2.24, 2.45) is 0 Å². The zero-order valence-electron chi connectivity index (χ0n) is 11.6. The zero-order chi connectivity index (χ0) is 12.9. The number of aliphatic hydroxyl groups excluding tert-OH is 1. The molecule has 0 aromatic heterocycles. The first-order chi connectivity index (χ1) is 7.87. The fraction of sp³-hybridized carbons (Fsp3) is 1.00. The topological polar surface area (TPSA) is 32.7 Å². The van der Waals surface area contributed by atoms with Crippen LogP contribution in [-0.2, 0) is 4.74 Å². The fourth-order valence-electron chi connectivity index (χ4n) is 1.82. The van der Waals surface area contributed by atoms with Crippen molar-refractivity contribution in [2.75, 3.05) is 32.0 Å². The van der Waals surface area contributed by atoms with Gasteiger partial charge in [0.2, 0.25) is 0 Å². The molecule has 0 aromatic rings. The van der Waals surface area contributed by atoms with Gasteiger partial charge in [0.1, 0.15) is 0 Å². The molecule has 102 valence electrons. The molecule has 4 heteroatoms. The summed E-state index contributed by atoms with van der Waals surface area (Å²) in [6.07, 6.45) is 0.852. The van der Waals surface area contributed by atoms with Gasteiger partial charge in [-0.2, -0.15) is 11.8 Å². The molecule has 0 aliphatic carbocycles. The van der Waals surface area contributed by atoms with E-state index in [1.807, 2.05) is 32.5 Å². The molecule has 0 saturated carbocycles. The number of ether oxygens (including phenoxy) is 1. The van der Waals surface area contributed by atoms with Crippen molar-refractivity contribution in [1.82, 2.24) is 4.90 Å². The second-order valence-corrected chi connectivity index (χ2v) is 7.39. The highest BCUT2D eigenvalue weighted by Crippen LogP contribution is 2.18. The number of hydrogen-bond donors (Lipinski definition) is 1. The van der Waals surface area contributed by atoms with Gasteiger partial charge >= 0.3 is 0 Å². The van der Waals surface area contributed by atoms with Crippen molar-refractivity contribution in [1.29, 1.82) is 0 Å². The van der Waals surface area contributed by atoms with Crippen LogP contribution in [0.25, 0.3) is 0 Å². The van der Waals surface area contributed by atoms with Crippen molar-refractivity contribution in [3.05, 3.63) is 0 Å². The van der Waals surface area contributed by atoms with E-state index in [4.69, 9.17) is 4.74 Å². The number of aliphatic hydroxyl groups is 1. The molecule has 0 radical (unpaired) electrons. The quantitative estimate of drug-likeness (QED) is 0.839. The van der Waals surface area contributed by atoms with E-state index in [1.54, 1.807) is 0 Å². The third-order valence-electron chi connectivity index (χ3n) is 2.84. The molecular weight excluding hydrogens is 234 g/mol. The van der Waals surface area contributed by atoms with Crippen LogP contribution in [0.1, 0.15) is 34.1 Å². The van der Waals surface area contributed by atoms with E-state index in [-0.39, 0.29) is 11.7 Å². The molecule has 1 saturated heterocycles. The highest BCUT2D eigenvalue weighted by atomic mass is 32.2. The molecular formula is C13H27NO2S. The number of nitrogens with zero attached hydrogens (tertiary/aromatic N) is 1. The second kappa shape index (κ2) is 6.98. The number of rotatable bonds is 4. The van der Waals surface area contributed by atoms with Crippen molar-refractivity contribution in [2.45, 2.75) is 51.1 Å². The van der Waals surface area contributed by atoms with Gasteiger partial charge in [-0.15, -0.1) is 0 Å². The Labute approximate surface area is 110 Å². The first-order valence-electron chi connectivity index (χ1n) is 6.53. The highest BCUT2D eigenvalue weighted by Gasteiger charge is 2.18. The summed E-state index contributed by atoms with van der Waals surface area (Å²) in [5, 5.41) is 10.7. The standard InChI is InChI=1S/C13H27NO2S/c1-11-5-6-14(7-8-17-11)9-12(15)10-16-13(2,3)4/h11-12,15H,5-10H2,1-4H3/t11-,12-/m0/s1. The molecule has 0 aromatic carbocycles. The van der Waals surface area contributed by atoms with Crippen molar-refractivity contribution in [3.8, 4) is 0 Å². The lowest BCUT2D eigenvalue weighted by Crippen LogP contribution is -2.38. The molecule has 1 heterocycles. The average molecular weight is 261 g/mol. The van der Waals surface area contributed by atoms with Crippen molar-refractivity contribution < 1.29 is 9.84 Å². The van der Waals surface area contributed by atoms with Crippen LogP contribution >= 0.6 is 11.8 Å². The van der Waals surface area contributed by atoms with Crippen LogP contribution in [0.4, 0.5) is 0 Å². The minimum absolute atomic E-state index is 0.163. The molecule has 2 atom stereocenters. The van der Waals surface area contributed by atoms with Gasteiger partial charge in [-0.3, -0.25) is 4.90 Å². The normalized spacial score (nSPS) is 25.6. The second-order valence-electron chi connectivity index (χ2n) is 5.85. The molecule has 0 amide bonds. The smallest absolute Gasteiger partial charge is 0.0900 e. The average Bonchev–Trinajstić information content (AvgIpc) is 2.40. The molecule has 1 N–H and O–H groups in total. The lowest BCUT2D eigenvalue weighted by Gasteiger charge is -2.26.